The smallest absolute Gasteiger partial charge is 0.187 e. The number of hydrogen-bond acceptors (Lipinski definition) is 1. The lowest BCUT2D eigenvalue weighted by molar-refractivity contribution is 0.824. The number of rotatable bonds is 1. The Hall–Kier alpha value is -1.08. The second kappa shape index (κ2) is 5.55. The molecule has 0 aliphatic carbocycles. The summed E-state index contributed by atoms with van der Waals surface area (Å²) in [6.45, 7) is 0. The molecule has 0 atom stereocenters. The van der Waals surface area contributed by atoms with Crippen LogP contribution in [0.5, 0.6) is 0 Å². The zero-order valence-electron chi connectivity index (χ0n) is 6.49. The van der Waals surface area contributed by atoms with E-state index in [0.717, 1.165) is 11.3 Å². The molecule has 1 heterocycles. The van der Waals surface area contributed by atoms with Crippen molar-refractivity contribution in [3.63, 3.8) is 0 Å². The van der Waals surface area contributed by atoms with E-state index in [2.05, 4.69) is 9.97 Å². The van der Waals surface area contributed by atoms with Crippen LogP contribution in [0.25, 0.3) is 11.3 Å². The van der Waals surface area contributed by atoms with E-state index in [4.69, 9.17) is 0 Å². The lowest BCUT2D eigenvalue weighted by atomic mass is 10.2. The number of nitrogens with zero attached hydrogens (tertiary/aromatic N) is 1. The van der Waals surface area contributed by atoms with Gasteiger partial charge in [0.25, 0.3) is 0 Å². The first kappa shape index (κ1) is 11.9. The van der Waals surface area contributed by atoms with Crippen LogP contribution in [-0.4, -0.2) is 32.8 Å². The quantitative estimate of drug-likeness (QED) is 0.638. The maximum atomic E-state index is 4.13. The van der Waals surface area contributed by atoms with E-state index in [0.29, 0.717) is 0 Å². The molecule has 0 saturated heterocycles. The minimum absolute atomic E-state index is 0. The first-order chi connectivity index (χ1) is 5.47. The van der Waals surface area contributed by atoms with E-state index < -0.39 is 0 Å². The van der Waals surface area contributed by atoms with Crippen molar-refractivity contribution >= 4 is 17.4 Å². The van der Waals surface area contributed by atoms with Gasteiger partial charge in [-0.1, -0.05) is 30.3 Å². The molecule has 3 nitrogen and oxygen atoms in total. The molecule has 0 fully saturated rings. The van der Waals surface area contributed by atoms with Crippen molar-refractivity contribution in [1.29, 1.82) is 0 Å². The standard InChI is InChI=1S/C9H8N2.Al.H2O.3H/c1-2-4-8(5-3-1)9-6-10-7-11-9;;;;;/h1-7H,(H,10,11);;1H2;;;. The highest BCUT2D eigenvalue weighted by molar-refractivity contribution is 5.75. The molecule has 3 N–H and O–H groups in total. The number of imidazole rings is 1. The molecule has 68 valence electrons. The zero-order valence-corrected chi connectivity index (χ0v) is 6.49. The summed E-state index contributed by atoms with van der Waals surface area (Å²) in [4.78, 5) is 7.05. The molecule has 4 heteroatoms. The predicted octanol–water partition coefficient (Wildman–Crippen LogP) is 0.0681. The van der Waals surface area contributed by atoms with E-state index in [1.54, 1.807) is 6.33 Å². The van der Waals surface area contributed by atoms with Crippen molar-refractivity contribution in [2.45, 2.75) is 0 Å². The first-order valence-electron chi connectivity index (χ1n) is 3.51. The molecule has 2 rings (SSSR count). The molecule has 0 amide bonds. The van der Waals surface area contributed by atoms with Crippen molar-refractivity contribution in [1.82, 2.24) is 9.97 Å². The summed E-state index contributed by atoms with van der Waals surface area (Å²) in [7, 11) is 0. The molecular weight excluding hydrogens is 179 g/mol. The largest absolute Gasteiger partial charge is 0.412 e. The van der Waals surface area contributed by atoms with Gasteiger partial charge in [0.15, 0.2) is 17.4 Å². The Kier molecular flexibility index (Phi) is 5.09. The van der Waals surface area contributed by atoms with Gasteiger partial charge >= 0.3 is 0 Å². The molecule has 0 spiro atoms. The second-order valence-corrected chi connectivity index (χ2v) is 2.32. The van der Waals surface area contributed by atoms with Crippen LogP contribution in [0.15, 0.2) is 42.9 Å². The summed E-state index contributed by atoms with van der Waals surface area (Å²) in [6, 6.07) is 10.1. The molecule has 0 aliphatic rings. The molecule has 0 bridgehead atoms. The number of aromatic nitrogens is 2. The molecule has 1 aromatic carbocycles. The first-order valence-corrected chi connectivity index (χ1v) is 3.51. The minimum atomic E-state index is 0. The van der Waals surface area contributed by atoms with Crippen LogP contribution in [0.4, 0.5) is 0 Å². The van der Waals surface area contributed by atoms with Crippen LogP contribution in [0, 0.1) is 0 Å². The van der Waals surface area contributed by atoms with Crippen LogP contribution < -0.4 is 0 Å². The van der Waals surface area contributed by atoms with Crippen LogP contribution in [-0.2, 0) is 0 Å². The number of H-pyrrole nitrogens is 1. The maximum absolute atomic E-state index is 4.13. The summed E-state index contributed by atoms with van der Waals surface area (Å²) < 4.78 is 0. The summed E-state index contributed by atoms with van der Waals surface area (Å²) >= 11 is 0. The van der Waals surface area contributed by atoms with Gasteiger partial charge in [-0.25, -0.2) is 4.98 Å². The van der Waals surface area contributed by atoms with Crippen LogP contribution in [0.2, 0.25) is 0 Å². The number of benzene rings is 1. The molecule has 0 unspecified atom stereocenters. The fourth-order valence-electron chi connectivity index (χ4n) is 1.03. The molecule has 0 saturated carbocycles. The third-order valence-corrected chi connectivity index (χ3v) is 1.57. The highest BCUT2D eigenvalue weighted by Crippen LogP contribution is 2.13. The highest BCUT2D eigenvalue weighted by atomic mass is 27.0. The lowest BCUT2D eigenvalue weighted by Crippen LogP contribution is -1.73. The summed E-state index contributed by atoms with van der Waals surface area (Å²) in [5.74, 6) is 0. The third kappa shape index (κ3) is 2.71. The van der Waals surface area contributed by atoms with Gasteiger partial charge in [0, 0.05) is 11.8 Å². The van der Waals surface area contributed by atoms with Gasteiger partial charge < -0.3 is 10.5 Å². The van der Waals surface area contributed by atoms with Crippen molar-refractivity contribution in [3.05, 3.63) is 42.9 Å². The second-order valence-electron chi connectivity index (χ2n) is 2.32. The fraction of sp³-hybridized carbons (Fsp3) is 0. The van der Waals surface area contributed by atoms with Gasteiger partial charge in [-0.3, -0.25) is 0 Å². The Morgan fingerprint density at radius 3 is 2.31 bits per heavy atom. The lowest BCUT2D eigenvalue weighted by Gasteiger charge is -1.92. The number of aromatic amines is 1. The number of nitrogens with one attached hydrogen (secondary N) is 1. The predicted molar refractivity (Wildman–Crippen MR) is 57.6 cm³/mol. The molecule has 0 radical (unpaired) electrons. The third-order valence-electron chi connectivity index (χ3n) is 1.57. The van der Waals surface area contributed by atoms with Crippen LogP contribution in [0.1, 0.15) is 0 Å². The van der Waals surface area contributed by atoms with E-state index in [9.17, 15) is 0 Å². The highest BCUT2D eigenvalue weighted by Gasteiger charge is 1.94. The maximum Gasteiger partial charge on any atom is 0.187 e. The molecule has 0 aliphatic heterocycles. The van der Waals surface area contributed by atoms with Crippen LogP contribution in [0.3, 0.4) is 0 Å². The summed E-state index contributed by atoms with van der Waals surface area (Å²) in [5, 5.41) is 0. The van der Waals surface area contributed by atoms with Gasteiger partial charge in [0.2, 0.25) is 0 Å². The van der Waals surface area contributed by atoms with Gasteiger partial charge in [0.1, 0.15) is 0 Å². The minimum Gasteiger partial charge on any atom is -0.412 e. The van der Waals surface area contributed by atoms with E-state index >= 15 is 0 Å². The molecule has 13 heavy (non-hydrogen) atoms. The van der Waals surface area contributed by atoms with Crippen LogP contribution >= 0.6 is 0 Å². The van der Waals surface area contributed by atoms with Crippen molar-refractivity contribution < 1.29 is 5.48 Å². The monoisotopic (exact) mass is 192 g/mol. The Labute approximate surface area is 87.3 Å². The Balaban J connectivity index is 0.000000720. The van der Waals surface area contributed by atoms with Gasteiger partial charge in [-0.15, -0.1) is 0 Å². The SMILES string of the molecule is O.[AlH3].c1ccc(-c2c[nH]cn2)cc1. The zero-order chi connectivity index (χ0) is 7.52. The van der Waals surface area contributed by atoms with Gasteiger partial charge in [-0.05, 0) is 0 Å². The van der Waals surface area contributed by atoms with E-state index in [1.165, 1.54) is 0 Å². The van der Waals surface area contributed by atoms with E-state index in [1.807, 2.05) is 36.5 Å². The van der Waals surface area contributed by atoms with Crippen molar-refractivity contribution in [2.24, 2.45) is 0 Å². The average molecular weight is 192 g/mol. The molecule has 1 aromatic heterocycles. The van der Waals surface area contributed by atoms with Crippen molar-refractivity contribution in [2.75, 3.05) is 0 Å². The van der Waals surface area contributed by atoms with E-state index in [-0.39, 0.29) is 22.8 Å². The molecule has 2 aromatic rings. The molecular formula is C9H13AlN2O. The van der Waals surface area contributed by atoms with Gasteiger partial charge in [-0.2, -0.15) is 0 Å². The fourth-order valence-corrected chi connectivity index (χ4v) is 1.03. The Morgan fingerprint density at radius 1 is 1.08 bits per heavy atom. The Bertz CT molecular complexity index is 321. The summed E-state index contributed by atoms with van der Waals surface area (Å²) in [6.07, 6.45) is 3.57. The topological polar surface area (TPSA) is 60.2 Å². The van der Waals surface area contributed by atoms with Gasteiger partial charge in [0.05, 0.1) is 12.0 Å². The summed E-state index contributed by atoms with van der Waals surface area (Å²) in [5.41, 5.74) is 2.14. The average Bonchev–Trinajstić information content (AvgIpc) is 2.58. The normalized spacial score (nSPS) is 8.31. The van der Waals surface area contributed by atoms with Crippen molar-refractivity contribution in [3.8, 4) is 11.3 Å². The Morgan fingerprint density at radius 2 is 1.77 bits per heavy atom. The number of hydrogen-bond donors (Lipinski definition) is 1.